The molecule has 0 radical (unpaired) electrons. The molecule has 0 amide bonds. The van der Waals surface area contributed by atoms with Crippen LogP contribution >= 0.6 is 0 Å². The average Bonchev–Trinajstić information content (AvgIpc) is 1.85. The van der Waals surface area contributed by atoms with Crippen LogP contribution in [0.5, 0.6) is 0 Å². The minimum atomic E-state index is -4.15. The van der Waals surface area contributed by atoms with Crippen molar-refractivity contribution in [3.05, 3.63) is 0 Å². The van der Waals surface area contributed by atoms with E-state index in [4.69, 9.17) is 9.47 Å². The van der Waals surface area contributed by atoms with Crippen LogP contribution in [0, 0.1) is 0 Å². The zero-order valence-corrected chi connectivity index (χ0v) is 5.86. The van der Waals surface area contributed by atoms with Gasteiger partial charge in [-0.2, -0.15) is 13.2 Å². The molecule has 0 aromatic heterocycles. The molecule has 0 saturated carbocycles. The second-order valence-corrected chi connectivity index (χ2v) is 2.39. The van der Waals surface area contributed by atoms with Crippen molar-refractivity contribution in [1.29, 1.82) is 0 Å². The normalized spacial score (nSPS) is 27.0. The van der Waals surface area contributed by atoms with Gasteiger partial charge in [-0.1, -0.05) is 0 Å². The van der Waals surface area contributed by atoms with Crippen molar-refractivity contribution in [3.63, 3.8) is 0 Å². The number of hydrogen-bond donors (Lipinski definition) is 0. The van der Waals surface area contributed by atoms with E-state index < -0.39 is 18.7 Å². The highest BCUT2D eigenvalue weighted by atomic mass is 19.4. The Labute approximate surface area is 62.3 Å². The number of halogens is 3. The lowest BCUT2D eigenvalue weighted by atomic mass is 10.2. The first-order valence-corrected chi connectivity index (χ1v) is 3.34. The van der Waals surface area contributed by atoms with Crippen molar-refractivity contribution < 1.29 is 22.6 Å². The molecule has 1 rings (SSSR count). The summed E-state index contributed by atoms with van der Waals surface area (Å²) in [7, 11) is 0. The predicted molar refractivity (Wildman–Crippen MR) is 31.2 cm³/mol. The van der Waals surface area contributed by atoms with Gasteiger partial charge in [0.2, 0.25) is 0 Å². The van der Waals surface area contributed by atoms with Crippen LogP contribution in [0.25, 0.3) is 0 Å². The fourth-order valence-corrected chi connectivity index (χ4v) is 0.913. The predicted octanol–water partition coefficient (Wildman–Crippen LogP) is 1.35. The molecule has 1 heterocycles. The van der Waals surface area contributed by atoms with Crippen LogP contribution in [0.15, 0.2) is 0 Å². The Morgan fingerprint density at radius 2 is 2.00 bits per heavy atom. The summed E-state index contributed by atoms with van der Waals surface area (Å²) in [5, 5.41) is 0. The molecule has 1 aliphatic heterocycles. The highest BCUT2D eigenvalue weighted by Gasteiger charge is 2.33. The molecule has 1 atom stereocenters. The number of alkyl halides is 3. The van der Waals surface area contributed by atoms with Crippen molar-refractivity contribution in [2.75, 3.05) is 19.8 Å². The van der Waals surface area contributed by atoms with Crippen LogP contribution in [0.1, 0.15) is 6.42 Å². The van der Waals surface area contributed by atoms with Crippen molar-refractivity contribution >= 4 is 0 Å². The molecule has 2 nitrogen and oxygen atoms in total. The Bertz CT molecular complexity index is 117. The van der Waals surface area contributed by atoms with Gasteiger partial charge in [0.1, 0.15) is 0 Å². The third kappa shape index (κ3) is 3.57. The van der Waals surface area contributed by atoms with E-state index in [2.05, 4.69) is 0 Å². The monoisotopic (exact) mass is 170 g/mol. The Balaban J connectivity index is 2.24. The lowest BCUT2D eigenvalue weighted by molar-refractivity contribution is -0.183. The third-order valence-electron chi connectivity index (χ3n) is 1.34. The third-order valence-corrected chi connectivity index (χ3v) is 1.34. The van der Waals surface area contributed by atoms with Crippen LogP contribution in [0.2, 0.25) is 0 Å². The summed E-state index contributed by atoms with van der Waals surface area (Å²) in [6.45, 7) is 0.717. The van der Waals surface area contributed by atoms with Gasteiger partial charge >= 0.3 is 6.18 Å². The Hall–Kier alpha value is -0.290. The fraction of sp³-hybridized carbons (Fsp3) is 1.00. The van der Waals surface area contributed by atoms with Crippen LogP contribution in [0.4, 0.5) is 13.2 Å². The summed E-state index contributed by atoms with van der Waals surface area (Å²) in [6, 6.07) is 0. The first-order valence-electron chi connectivity index (χ1n) is 3.34. The van der Waals surface area contributed by atoms with E-state index in [9.17, 15) is 13.2 Å². The molecule has 1 fully saturated rings. The molecular formula is C6H9F3O2. The van der Waals surface area contributed by atoms with E-state index in [0.29, 0.717) is 6.61 Å². The van der Waals surface area contributed by atoms with Crippen molar-refractivity contribution in [1.82, 2.24) is 0 Å². The van der Waals surface area contributed by atoms with E-state index in [1.807, 2.05) is 0 Å². The van der Waals surface area contributed by atoms with Crippen LogP contribution in [-0.4, -0.2) is 32.1 Å². The van der Waals surface area contributed by atoms with Crippen LogP contribution in [-0.2, 0) is 9.47 Å². The Morgan fingerprint density at radius 3 is 2.45 bits per heavy atom. The molecule has 0 N–H and O–H groups in total. The van der Waals surface area contributed by atoms with Crippen molar-refractivity contribution in [2.45, 2.75) is 18.7 Å². The van der Waals surface area contributed by atoms with E-state index in [-0.39, 0.29) is 13.2 Å². The quantitative estimate of drug-likeness (QED) is 0.591. The summed E-state index contributed by atoms with van der Waals surface area (Å²) in [4.78, 5) is 0. The molecule has 0 aliphatic carbocycles. The van der Waals surface area contributed by atoms with Gasteiger partial charge in [0, 0.05) is 0 Å². The van der Waals surface area contributed by atoms with E-state index in [1.165, 1.54) is 0 Å². The first kappa shape index (κ1) is 8.80. The van der Waals surface area contributed by atoms with Crippen LogP contribution < -0.4 is 0 Å². The van der Waals surface area contributed by atoms with E-state index in [0.717, 1.165) is 0 Å². The molecule has 1 aliphatic rings. The highest BCUT2D eigenvalue weighted by molar-refractivity contribution is 4.65. The van der Waals surface area contributed by atoms with Gasteiger partial charge in [-0.05, 0) is 0 Å². The zero-order chi connectivity index (χ0) is 8.32. The lowest BCUT2D eigenvalue weighted by Gasteiger charge is -2.23. The molecule has 5 heteroatoms. The van der Waals surface area contributed by atoms with Gasteiger partial charge in [-0.3, -0.25) is 0 Å². The van der Waals surface area contributed by atoms with Crippen molar-refractivity contribution in [2.24, 2.45) is 0 Å². The molecule has 66 valence electrons. The molecule has 0 spiro atoms. The average molecular weight is 170 g/mol. The minimum absolute atomic E-state index is 0.0551. The molecule has 1 unspecified atom stereocenters. The van der Waals surface area contributed by atoms with Gasteiger partial charge in [-0.15, -0.1) is 0 Å². The van der Waals surface area contributed by atoms with E-state index in [1.54, 1.807) is 0 Å². The summed E-state index contributed by atoms with van der Waals surface area (Å²) in [5.74, 6) is 0. The maximum Gasteiger partial charge on any atom is 0.391 e. The van der Waals surface area contributed by atoms with Gasteiger partial charge in [0.05, 0.1) is 32.3 Å². The van der Waals surface area contributed by atoms with Gasteiger partial charge in [0.15, 0.2) is 0 Å². The summed E-state index contributed by atoms with van der Waals surface area (Å²) in [6.07, 6.45) is -5.86. The minimum Gasteiger partial charge on any atom is -0.376 e. The first-order chi connectivity index (χ1) is 5.08. The largest absolute Gasteiger partial charge is 0.391 e. The lowest BCUT2D eigenvalue weighted by Crippen LogP contribution is -2.32. The molecule has 0 aromatic rings. The molecule has 0 aromatic carbocycles. The second kappa shape index (κ2) is 3.40. The van der Waals surface area contributed by atoms with Crippen molar-refractivity contribution in [3.8, 4) is 0 Å². The van der Waals surface area contributed by atoms with E-state index >= 15 is 0 Å². The molecular weight excluding hydrogens is 161 g/mol. The molecule has 1 saturated heterocycles. The zero-order valence-electron chi connectivity index (χ0n) is 5.86. The summed E-state index contributed by atoms with van der Waals surface area (Å²) in [5.41, 5.74) is 0. The Kier molecular flexibility index (Phi) is 2.72. The second-order valence-electron chi connectivity index (χ2n) is 2.39. The maximum absolute atomic E-state index is 11.7. The van der Waals surface area contributed by atoms with Crippen LogP contribution in [0.3, 0.4) is 0 Å². The fourth-order valence-electron chi connectivity index (χ4n) is 0.913. The number of hydrogen-bond acceptors (Lipinski definition) is 2. The van der Waals surface area contributed by atoms with Gasteiger partial charge in [-0.25, -0.2) is 0 Å². The number of ether oxygens (including phenoxy) is 2. The smallest absolute Gasteiger partial charge is 0.376 e. The highest BCUT2D eigenvalue weighted by Crippen LogP contribution is 2.23. The standard InChI is InChI=1S/C6H9F3O2/c7-6(8,9)3-5-4-10-1-2-11-5/h5H,1-4H2. The SMILES string of the molecule is FC(F)(F)CC1COCCO1. The maximum atomic E-state index is 11.7. The van der Waals surface area contributed by atoms with Gasteiger partial charge in [0.25, 0.3) is 0 Å². The number of rotatable bonds is 1. The molecule has 0 bridgehead atoms. The Morgan fingerprint density at radius 1 is 1.27 bits per heavy atom. The topological polar surface area (TPSA) is 18.5 Å². The molecule has 11 heavy (non-hydrogen) atoms. The summed E-state index contributed by atoms with van der Waals surface area (Å²) >= 11 is 0. The van der Waals surface area contributed by atoms with Gasteiger partial charge < -0.3 is 9.47 Å². The summed E-state index contributed by atoms with van der Waals surface area (Å²) < 4.78 is 44.7.